The minimum atomic E-state index is 0.0141. The van der Waals surface area contributed by atoms with E-state index < -0.39 is 0 Å². The number of benzene rings is 1. The minimum Gasteiger partial charge on any atom is -0.326 e. The van der Waals surface area contributed by atoms with Gasteiger partial charge in [-0.25, -0.2) is 0 Å². The van der Waals surface area contributed by atoms with Crippen LogP contribution >= 0.6 is 0 Å². The Morgan fingerprint density at radius 3 is 1.77 bits per heavy atom. The Labute approximate surface area is 133 Å². The van der Waals surface area contributed by atoms with Crippen molar-refractivity contribution in [3.63, 3.8) is 0 Å². The first-order chi connectivity index (χ1) is 10.4. The quantitative estimate of drug-likeness (QED) is 0.746. The zero-order chi connectivity index (χ0) is 16.5. The second-order valence-electron chi connectivity index (χ2n) is 6.37. The van der Waals surface area contributed by atoms with Gasteiger partial charge in [0.15, 0.2) is 0 Å². The summed E-state index contributed by atoms with van der Waals surface area (Å²) in [5.41, 5.74) is 1.51. The Kier molecular flexibility index (Phi) is 7.64. The molecule has 0 spiro atoms. The fourth-order valence-corrected chi connectivity index (χ4v) is 2.34. The zero-order valence-electron chi connectivity index (χ0n) is 14.1. The Balaban J connectivity index is 2.47. The molecular formula is C18H28N2O2. The van der Waals surface area contributed by atoms with Crippen LogP contribution in [0.5, 0.6) is 0 Å². The van der Waals surface area contributed by atoms with Crippen LogP contribution in [0.3, 0.4) is 0 Å². The number of hydrogen-bond donors (Lipinski definition) is 2. The van der Waals surface area contributed by atoms with Crippen molar-refractivity contribution < 1.29 is 9.59 Å². The number of carbonyl (C=O) groups is 2. The highest BCUT2D eigenvalue weighted by Crippen LogP contribution is 2.16. The van der Waals surface area contributed by atoms with E-state index in [0.717, 1.165) is 24.2 Å². The summed E-state index contributed by atoms with van der Waals surface area (Å²) in [6.07, 6.45) is 3.21. The van der Waals surface area contributed by atoms with Crippen LogP contribution < -0.4 is 10.6 Å². The average molecular weight is 304 g/mol. The highest BCUT2D eigenvalue weighted by Gasteiger charge is 2.09. The first-order valence-electron chi connectivity index (χ1n) is 8.10. The van der Waals surface area contributed by atoms with E-state index >= 15 is 0 Å². The predicted molar refractivity (Wildman–Crippen MR) is 91.8 cm³/mol. The fraction of sp³-hybridized carbons (Fsp3) is 0.556. The summed E-state index contributed by atoms with van der Waals surface area (Å²) in [4.78, 5) is 23.6. The monoisotopic (exact) mass is 304 g/mol. The molecule has 0 aromatic heterocycles. The lowest BCUT2D eigenvalue weighted by Crippen LogP contribution is -2.15. The number of nitrogens with one attached hydrogen (secondary N) is 2. The Bertz CT molecular complexity index is 480. The fourth-order valence-electron chi connectivity index (χ4n) is 2.34. The van der Waals surface area contributed by atoms with Crippen molar-refractivity contribution in [1.29, 1.82) is 0 Å². The van der Waals surface area contributed by atoms with E-state index in [4.69, 9.17) is 0 Å². The molecule has 1 unspecified atom stereocenters. The summed E-state index contributed by atoms with van der Waals surface area (Å²) < 4.78 is 0. The van der Waals surface area contributed by atoms with Gasteiger partial charge in [0.25, 0.3) is 0 Å². The van der Waals surface area contributed by atoms with Gasteiger partial charge < -0.3 is 10.6 Å². The van der Waals surface area contributed by atoms with Crippen molar-refractivity contribution >= 4 is 23.2 Å². The third-order valence-electron chi connectivity index (χ3n) is 3.36. The molecule has 4 nitrogen and oxygen atoms in total. The van der Waals surface area contributed by atoms with Gasteiger partial charge in [-0.05, 0) is 36.1 Å². The van der Waals surface area contributed by atoms with Crippen molar-refractivity contribution in [3.05, 3.63) is 24.3 Å². The van der Waals surface area contributed by atoms with Gasteiger partial charge in [-0.3, -0.25) is 9.59 Å². The summed E-state index contributed by atoms with van der Waals surface area (Å²) in [7, 11) is 0. The summed E-state index contributed by atoms with van der Waals surface area (Å²) >= 11 is 0. The van der Waals surface area contributed by atoms with Gasteiger partial charge in [-0.1, -0.05) is 40.5 Å². The first kappa shape index (κ1) is 18.2. The third-order valence-corrected chi connectivity index (χ3v) is 3.36. The topological polar surface area (TPSA) is 58.2 Å². The maximum atomic E-state index is 11.9. The van der Waals surface area contributed by atoms with Crippen LogP contribution in [0.25, 0.3) is 0 Å². The van der Waals surface area contributed by atoms with Gasteiger partial charge in [-0.15, -0.1) is 0 Å². The number of carbonyl (C=O) groups excluding carboxylic acids is 2. The van der Waals surface area contributed by atoms with Gasteiger partial charge in [0.2, 0.25) is 11.8 Å². The molecule has 0 aliphatic heterocycles. The van der Waals surface area contributed by atoms with Crippen molar-refractivity contribution in [1.82, 2.24) is 0 Å². The Morgan fingerprint density at radius 2 is 1.36 bits per heavy atom. The second kappa shape index (κ2) is 9.23. The molecule has 1 aromatic carbocycles. The van der Waals surface area contributed by atoms with E-state index in [9.17, 15) is 9.59 Å². The van der Waals surface area contributed by atoms with Crippen LogP contribution in [0.1, 0.15) is 53.4 Å². The highest BCUT2D eigenvalue weighted by atomic mass is 16.2. The molecular weight excluding hydrogens is 276 g/mol. The van der Waals surface area contributed by atoms with Crippen LogP contribution in [0, 0.1) is 11.8 Å². The second-order valence-corrected chi connectivity index (χ2v) is 6.37. The standard InChI is InChI=1S/C18H28N2O2/c1-5-6-14(4)12-18(22)20-16-9-7-15(8-10-16)19-17(21)11-13(2)3/h7-10,13-14H,5-6,11-12H2,1-4H3,(H,19,21)(H,20,22). The lowest BCUT2D eigenvalue weighted by Gasteiger charge is -2.11. The molecule has 2 N–H and O–H groups in total. The van der Waals surface area contributed by atoms with Crippen molar-refractivity contribution in [2.24, 2.45) is 11.8 Å². The molecule has 22 heavy (non-hydrogen) atoms. The molecule has 0 aliphatic carbocycles. The lowest BCUT2D eigenvalue weighted by molar-refractivity contribution is -0.117. The molecule has 122 valence electrons. The third kappa shape index (κ3) is 7.25. The summed E-state index contributed by atoms with van der Waals surface area (Å²) in [6.45, 7) is 8.24. The maximum Gasteiger partial charge on any atom is 0.224 e. The van der Waals surface area contributed by atoms with Crippen LogP contribution in [0.4, 0.5) is 11.4 Å². The molecule has 1 aromatic rings. The zero-order valence-corrected chi connectivity index (χ0v) is 14.1. The van der Waals surface area contributed by atoms with E-state index in [1.165, 1.54) is 0 Å². The van der Waals surface area contributed by atoms with Crippen LogP contribution in [-0.2, 0) is 9.59 Å². The lowest BCUT2D eigenvalue weighted by atomic mass is 10.0. The minimum absolute atomic E-state index is 0.0141. The molecule has 0 saturated carbocycles. The summed E-state index contributed by atoms with van der Waals surface area (Å²) in [5, 5.41) is 5.74. The number of anilines is 2. The van der Waals surface area contributed by atoms with Crippen molar-refractivity contribution in [3.8, 4) is 0 Å². The molecule has 0 saturated heterocycles. The van der Waals surface area contributed by atoms with Crippen LogP contribution in [-0.4, -0.2) is 11.8 Å². The van der Waals surface area contributed by atoms with E-state index in [2.05, 4.69) is 24.5 Å². The van der Waals surface area contributed by atoms with Crippen LogP contribution in [0.15, 0.2) is 24.3 Å². The molecule has 1 atom stereocenters. The van der Waals surface area contributed by atoms with Gasteiger partial charge >= 0.3 is 0 Å². The summed E-state index contributed by atoms with van der Waals surface area (Å²) in [6, 6.07) is 7.24. The Hall–Kier alpha value is -1.84. The van der Waals surface area contributed by atoms with Gasteiger partial charge in [-0.2, -0.15) is 0 Å². The van der Waals surface area contributed by atoms with E-state index in [-0.39, 0.29) is 11.8 Å². The molecule has 0 heterocycles. The van der Waals surface area contributed by atoms with Crippen LogP contribution in [0.2, 0.25) is 0 Å². The van der Waals surface area contributed by atoms with Gasteiger partial charge in [0.05, 0.1) is 0 Å². The molecule has 1 rings (SSSR count). The normalized spacial score (nSPS) is 12.0. The molecule has 2 amide bonds. The predicted octanol–water partition coefficient (Wildman–Crippen LogP) is 4.44. The van der Waals surface area contributed by atoms with E-state index in [0.29, 0.717) is 24.7 Å². The number of hydrogen-bond acceptors (Lipinski definition) is 2. The van der Waals surface area contributed by atoms with E-state index in [1.54, 1.807) is 0 Å². The van der Waals surface area contributed by atoms with Gasteiger partial charge in [0.1, 0.15) is 0 Å². The maximum absolute atomic E-state index is 11.9. The summed E-state index contributed by atoms with van der Waals surface area (Å²) in [5.74, 6) is 0.793. The first-order valence-corrected chi connectivity index (χ1v) is 8.10. The smallest absolute Gasteiger partial charge is 0.224 e. The molecule has 4 heteroatoms. The molecule has 0 radical (unpaired) electrons. The average Bonchev–Trinajstić information content (AvgIpc) is 2.40. The highest BCUT2D eigenvalue weighted by molar-refractivity contribution is 5.93. The number of amides is 2. The Morgan fingerprint density at radius 1 is 0.909 bits per heavy atom. The largest absolute Gasteiger partial charge is 0.326 e. The SMILES string of the molecule is CCCC(C)CC(=O)Nc1ccc(NC(=O)CC(C)C)cc1. The van der Waals surface area contributed by atoms with Crippen molar-refractivity contribution in [2.75, 3.05) is 10.6 Å². The molecule has 0 bridgehead atoms. The number of rotatable bonds is 8. The van der Waals surface area contributed by atoms with E-state index in [1.807, 2.05) is 38.1 Å². The molecule has 0 aliphatic rings. The van der Waals surface area contributed by atoms with Crippen molar-refractivity contribution in [2.45, 2.75) is 53.4 Å². The molecule has 0 fully saturated rings. The van der Waals surface area contributed by atoms with Gasteiger partial charge in [0, 0.05) is 24.2 Å².